The van der Waals surface area contributed by atoms with E-state index in [1.807, 2.05) is 0 Å². The molecule has 1 aromatic heterocycles. The summed E-state index contributed by atoms with van der Waals surface area (Å²) in [6, 6.07) is 72.6. The van der Waals surface area contributed by atoms with E-state index in [0.29, 0.717) is 0 Å². The molecule has 0 radical (unpaired) electrons. The van der Waals surface area contributed by atoms with E-state index in [4.69, 9.17) is 0 Å². The largest absolute Gasteiger partial charge is 0.309 e. The highest BCUT2D eigenvalue weighted by Crippen LogP contribution is 2.45. The molecule has 1 aliphatic carbocycles. The second-order valence-electron chi connectivity index (χ2n) is 14.4. The Balaban J connectivity index is 1.13. The molecule has 266 valence electrons. The Morgan fingerprint density at radius 2 is 1.00 bits per heavy atom. The van der Waals surface area contributed by atoms with Crippen LogP contribution in [0, 0.1) is 0 Å². The van der Waals surface area contributed by atoms with Crippen molar-refractivity contribution in [3.05, 3.63) is 224 Å². The van der Waals surface area contributed by atoms with E-state index in [-0.39, 0.29) is 0 Å². The molecule has 0 N–H and O–H groups in total. The van der Waals surface area contributed by atoms with E-state index in [1.165, 1.54) is 66.3 Å². The smallest absolute Gasteiger partial charge is 0.0547 e. The van der Waals surface area contributed by atoms with Gasteiger partial charge in [0.25, 0.3) is 0 Å². The van der Waals surface area contributed by atoms with Crippen LogP contribution in [0.2, 0.25) is 0 Å². The molecule has 0 saturated carbocycles. The number of anilines is 3. The molecule has 1 aliphatic rings. The Bertz CT molecular complexity index is 2910. The van der Waals surface area contributed by atoms with Gasteiger partial charge in [-0.05, 0) is 101 Å². The van der Waals surface area contributed by atoms with Gasteiger partial charge < -0.3 is 9.47 Å². The number of benzene rings is 8. The number of rotatable bonds is 8. The zero-order chi connectivity index (χ0) is 37.3. The first-order valence-corrected chi connectivity index (χ1v) is 19.5. The first kappa shape index (κ1) is 33.4. The summed E-state index contributed by atoms with van der Waals surface area (Å²) >= 11 is 0. The third-order valence-corrected chi connectivity index (χ3v) is 11.0. The highest BCUT2D eigenvalue weighted by Gasteiger charge is 2.22. The maximum Gasteiger partial charge on any atom is 0.0547 e. The number of hydrogen-bond donors (Lipinski definition) is 0. The number of hydrogen-bond acceptors (Lipinski definition) is 1. The molecule has 0 fully saturated rings. The second-order valence-corrected chi connectivity index (χ2v) is 14.4. The maximum atomic E-state index is 2.45. The molecule has 0 unspecified atom stereocenters. The summed E-state index contributed by atoms with van der Waals surface area (Å²) in [5.74, 6) is 0. The molecule has 8 aromatic carbocycles. The summed E-state index contributed by atoms with van der Waals surface area (Å²) in [6.07, 6.45) is 9.08. The van der Waals surface area contributed by atoms with E-state index in [1.54, 1.807) is 0 Å². The van der Waals surface area contributed by atoms with Gasteiger partial charge in [0.15, 0.2) is 0 Å². The van der Waals surface area contributed by atoms with Crippen LogP contribution in [-0.4, -0.2) is 4.57 Å². The van der Waals surface area contributed by atoms with Gasteiger partial charge >= 0.3 is 0 Å². The van der Waals surface area contributed by atoms with Crippen LogP contribution < -0.4 is 4.90 Å². The highest BCUT2D eigenvalue weighted by atomic mass is 15.1. The topological polar surface area (TPSA) is 8.17 Å². The molecule has 0 amide bonds. The zero-order valence-electron chi connectivity index (χ0n) is 31.1. The number of allylic oxidation sites excluding steroid dienone is 4. The fourth-order valence-corrected chi connectivity index (χ4v) is 8.47. The zero-order valence-corrected chi connectivity index (χ0v) is 31.1. The van der Waals surface area contributed by atoms with Crippen LogP contribution in [0.1, 0.15) is 18.4 Å². The lowest BCUT2D eigenvalue weighted by atomic mass is 9.94. The SMILES string of the molecule is C1=CC(c2ccccc2N(c2cccc(-c3cccc(-c4cccc5c4c4ccccc4n5-c4ccccc4)c3)c2)c2ccccc2-c2ccccc2)=CCC1. The lowest BCUT2D eigenvalue weighted by Crippen LogP contribution is -2.13. The molecule has 56 heavy (non-hydrogen) atoms. The predicted molar refractivity (Wildman–Crippen MR) is 238 cm³/mol. The number of para-hydroxylation sites is 4. The molecule has 0 atom stereocenters. The van der Waals surface area contributed by atoms with Gasteiger partial charge in [0.05, 0.1) is 22.4 Å². The summed E-state index contributed by atoms with van der Waals surface area (Å²) < 4.78 is 2.39. The van der Waals surface area contributed by atoms with Gasteiger partial charge in [-0.2, -0.15) is 0 Å². The molecular weight excluding hydrogens is 677 g/mol. The molecule has 10 rings (SSSR count). The van der Waals surface area contributed by atoms with Crippen LogP contribution in [0.25, 0.3) is 66.4 Å². The summed E-state index contributed by atoms with van der Waals surface area (Å²) in [7, 11) is 0. The van der Waals surface area contributed by atoms with Crippen molar-refractivity contribution in [3.8, 4) is 39.1 Å². The molecule has 9 aromatic rings. The fraction of sp³-hybridized carbons (Fsp3) is 0.0370. The van der Waals surface area contributed by atoms with Crippen LogP contribution in [0.5, 0.6) is 0 Å². The van der Waals surface area contributed by atoms with Crippen molar-refractivity contribution in [1.29, 1.82) is 0 Å². The van der Waals surface area contributed by atoms with Crippen molar-refractivity contribution in [1.82, 2.24) is 4.57 Å². The van der Waals surface area contributed by atoms with Crippen molar-refractivity contribution < 1.29 is 0 Å². The van der Waals surface area contributed by atoms with Crippen LogP contribution in [0.3, 0.4) is 0 Å². The van der Waals surface area contributed by atoms with Gasteiger partial charge in [0.1, 0.15) is 0 Å². The molecule has 0 bridgehead atoms. The minimum absolute atomic E-state index is 1.05. The standard InChI is InChI=1S/C54H40N2/c1-4-19-39(20-5-1)46-29-10-13-33-50(46)56(51-34-14-11-30-47(51)40-21-6-2-7-22-40)45-28-17-24-42(38-45)41-23-16-25-43(37-41)48-32-18-36-53-54(48)49-31-12-15-35-52(49)55(53)44-26-8-3-9-27-44/h1,3-6,8-38H,2,7H2. The van der Waals surface area contributed by atoms with Gasteiger partial charge in [-0.1, -0.05) is 164 Å². The predicted octanol–water partition coefficient (Wildman–Crippen LogP) is 15.0. The van der Waals surface area contributed by atoms with E-state index in [2.05, 4.69) is 228 Å². The second kappa shape index (κ2) is 14.6. The quantitative estimate of drug-likeness (QED) is 0.152. The lowest BCUT2D eigenvalue weighted by Gasteiger charge is -2.30. The Hall–Kier alpha value is -7.16. The lowest BCUT2D eigenvalue weighted by molar-refractivity contribution is 1.04. The van der Waals surface area contributed by atoms with Crippen LogP contribution >= 0.6 is 0 Å². The van der Waals surface area contributed by atoms with E-state index in [0.717, 1.165) is 35.6 Å². The highest BCUT2D eigenvalue weighted by molar-refractivity contribution is 6.16. The molecule has 1 heterocycles. The van der Waals surface area contributed by atoms with E-state index < -0.39 is 0 Å². The number of aromatic nitrogens is 1. The molecular formula is C54H40N2. The number of fused-ring (bicyclic) bond motifs is 3. The van der Waals surface area contributed by atoms with Crippen molar-refractivity contribution in [2.45, 2.75) is 12.8 Å². The van der Waals surface area contributed by atoms with Gasteiger partial charge in [-0.15, -0.1) is 0 Å². The first-order chi connectivity index (χ1) is 27.8. The van der Waals surface area contributed by atoms with Crippen LogP contribution in [0.4, 0.5) is 17.1 Å². The number of nitrogens with zero attached hydrogens (tertiary/aromatic N) is 2. The third-order valence-electron chi connectivity index (χ3n) is 11.0. The average Bonchev–Trinajstić information content (AvgIpc) is 3.63. The minimum Gasteiger partial charge on any atom is -0.309 e. The van der Waals surface area contributed by atoms with Crippen molar-refractivity contribution in [2.24, 2.45) is 0 Å². The molecule has 0 aliphatic heterocycles. The fourth-order valence-electron chi connectivity index (χ4n) is 8.47. The van der Waals surface area contributed by atoms with Crippen molar-refractivity contribution in [2.75, 3.05) is 4.90 Å². The third kappa shape index (κ3) is 6.02. The monoisotopic (exact) mass is 716 g/mol. The Morgan fingerprint density at radius 3 is 1.80 bits per heavy atom. The van der Waals surface area contributed by atoms with Gasteiger partial charge in [-0.3, -0.25) is 0 Å². The average molecular weight is 717 g/mol. The summed E-state index contributed by atoms with van der Waals surface area (Å²) in [5.41, 5.74) is 16.6. The molecule has 2 nitrogen and oxygen atoms in total. The Labute approximate surface area is 328 Å². The van der Waals surface area contributed by atoms with Crippen LogP contribution in [-0.2, 0) is 0 Å². The molecule has 0 spiro atoms. The molecule has 2 heteroatoms. The first-order valence-electron chi connectivity index (χ1n) is 19.5. The minimum atomic E-state index is 1.05. The summed E-state index contributed by atoms with van der Waals surface area (Å²) in [4.78, 5) is 2.45. The van der Waals surface area contributed by atoms with Crippen molar-refractivity contribution in [3.63, 3.8) is 0 Å². The Morgan fingerprint density at radius 1 is 0.411 bits per heavy atom. The van der Waals surface area contributed by atoms with Crippen molar-refractivity contribution >= 4 is 44.4 Å². The molecule has 0 saturated heterocycles. The Kier molecular flexibility index (Phi) is 8.70. The maximum absolute atomic E-state index is 2.45. The van der Waals surface area contributed by atoms with Crippen LogP contribution in [0.15, 0.2) is 218 Å². The van der Waals surface area contributed by atoms with E-state index in [9.17, 15) is 0 Å². The summed E-state index contributed by atoms with van der Waals surface area (Å²) in [6.45, 7) is 0. The normalized spacial score (nSPS) is 12.5. The van der Waals surface area contributed by atoms with Gasteiger partial charge in [0, 0.05) is 33.3 Å². The van der Waals surface area contributed by atoms with E-state index >= 15 is 0 Å². The van der Waals surface area contributed by atoms with Gasteiger partial charge in [-0.25, -0.2) is 0 Å². The summed E-state index contributed by atoms with van der Waals surface area (Å²) in [5, 5.41) is 2.52. The van der Waals surface area contributed by atoms with Gasteiger partial charge in [0.2, 0.25) is 0 Å².